The maximum Gasteiger partial charge on any atom is 0.305 e. The maximum atomic E-state index is 12.2. The fourth-order valence-electron chi connectivity index (χ4n) is 2.27. The first kappa shape index (κ1) is 13.6. The van der Waals surface area contributed by atoms with Crippen molar-refractivity contribution >= 4 is 11.9 Å². The molecule has 0 bridgehead atoms. The largest absolute Gasteiger partial charge is 0.481 e. The van der Waals surface area contributed by atoms with Gasteiger partial charge < -0.3 is 10.4 Å². The molecule has 1 amide bonds. The molecule has 0 heterocycles. The molecule has 1 unspecified atom stereocenters. The van der Waals surface area contributed by atoms with Crippen LogP contribution < -0.4 is 5.32 Å². The van der Waals surface area contributed by atoms with Crippen LogP contribution in [-0.2, 0) is 4.79 Å². The summed E-state index contributed by atoms with van der Waals surface area (Å²) < 4.78 is 0. The van der Waals surface area contributed by atoms with Crippen molar-refractivity contribution in [2.45, 2.75) is 39.2 Å². The number of carboxylic acid groups (broad SMARTS) is 1. The van der Waals surface area contributed by atoms with Gasteiger partial charge in [-0.15, -0.1) is 0 Å². The summed E-state index contributed by atoms with van der Waals surface area (Å²) >= 11 is 0. The molecule has 0 radical (unpaired) electrons. The third kappa shape index (κ3) is 3.34. The summed E-state index contributed by atoms with van der Waals surface area (Å²) in [6, 6.07) is 5.34. The van der Waals surface area contributed by atoms with Crippen LogP contribution in [0.5, 0.6) is 0 Å². The Labute approximate surface area is 112 Å². The van der Waals surface area contributed by atoms with E-state index in [1.165, 1.54) is 0 Å². The summed E-state index contributed by atoms with van der Waals surface area (Å²) in [4.78, 5) is 23.1. The molecule has 0 saturated heterocycles. The van der Waals surface area contributed by atoms with Gasteiger partial charge >= 0.3 is 5.97 Å². The van der Waals surface area contributed by atoms with Crippen LogP contribution in [0.4, 0.5) is 0 Å². The first-order chi connectivity index (χ1) is 8.99. The van der Waals surface area contributed by atoms with Crippen LogP contribution in [0.1, 0.15) is 40.7 Å². The van der Waals surface area contributed by atoms with E-state index in [1.54, 1.807) is 6.07 Å². The van der Waals surface area contributed by atoms with Crippen molar-refractivity contribution in [2.75, 3.05) is 0 Å². The molecule has 2 N–H and O–H groups in total. The van der Waals surface area contributed by atoms with Crippen molar-refractivity contribution < 1.29 is 14.7 Å². The zero-order valence-electron chi connectivity index (χ0n) is 11.3. The van der Waals surface area contributed by atoms with Crippen molar-refractivity contribution in [1.29, 1.82) is 0 Å². The molecule has 1 aliphatic rings. The van der Waals surface area contributed by atoms with E-state index in [0.29, 0.717) is 11.5 Å². The molecule has 1 fully saturated rings. The molecule has 1 saturated carbocycles. The zero-order valence-corrected chi connectivity index (χ0v) is 11.3. The molecule has 0 aliphatic heterocycles. The second kappa shape index (κ2) is 5.43. The van der Waals surface area contributed by atoms with Crippen LogP contribution >= 0.6 is 0 Å². The predicted octanol–water partition coefficient (Wildman–Crippen LogP) is 2.29. The number of carboxylic acids is 1. The van der Waals surface area contributed by atoms with Gasteiger partial charge in [-0.05, 0) is 49.8 Å². The zero-order chi connectivity index (χ0) is 14.0. The standard InChI is InChI=1S/C15H19NO3/c1-9-4-3-5-12(10(9)2)15(19)16-13(8-14(17)18)11-6-7-11/h3-5,11,13H,6-8H2,1-2H3,(H,16,19)(H,17,18). The van der Waals surface area contributed by atoms with Crippen molar-refractivity contribution in [3.63, 3.8) is 0 Å². The molecule has 19 heavy (non-hydrogen) atoms. The highest BCUT2D eigenvalue weighted by Crippen LogP contribution is 2.34. The Morgan fingerprint density at radius 2 is 2.05 bits per heavy atom. The molecule has 1 atom stereocenters. The number of aryl methyl sites for hydroxylation is 1. The fraction of sp³-hybridized carbons (Fsp3) is 0.467. The third-order valence-electron chi connectivity index (χ3n) is 3.75. The molecular weight excluding hydrogens is 242 g/mol. The van der Waals surface area contributed by atoms with Crippen molar-refractivity contribution in [3.05, 3.63) is 34.9 Å². The second-order valence-corrected chi connectivity index (χ2v) is 5.26. The van der Waals surface area contributed by atoms with E-state index < -0.39 is 5.97 Å². The Kier molecular flexibility index (Phi) is 3.88. The third-order valence-corrected chi connectivity index (χ3v) is 3.75. The Bertz CT molecular complexity index is 506. The number of hydrogen-bond acceptors (Lipinski definition) is 2. The summed E-state index contributed by atoms with van der Waals surface area (Å²) in [5.74, 6) is -0.706. The van der Waals surface area contributed by atoms with Crippen molar-refractivity contribution in [2.24, 2.45) is 5.92 Å². The number of rotatable bonds is 5. The predicted molar refractivity (Wildman–Crippen MR) is 72.1 cm³/mol. The Morgan fingerprint density at radius 1 is 1.37 bits per heavy atom. The molecule has 0 spiro atoms. The normalized spacial score (nSPS) is 15.9. The lowest BCUT2D eigenvalue weighted by Crippen LogP contribution is -2.38. The fourth-order valence-corrected chi connectivity index (χ4v) is 2.27. The highest BCUT2D eigenvalue weighted by molar-refractivity contribution is 5.96. The van der Waals surface area contributed by atoms with E-state index in [2.05, 4.69) is 5.32 Å². The van der Waals surface area contributed by atoms with Gasteiger partial charge in [-0.1, -0.05) is 12.1 Å². The number of amides is 1. The van der Waals surface area contributed by atoms with Crippen LogP contribution in [0.2, 0.25) is 0 Å². The lowest BCUT2D eigenvalue weighted by Gasteiger charge is -2.17. The van der Waals surface area contributed by atoms with E-state index in [4.69, 9.17) is 5.11 Å². The summed E-state index contributed by atoms with van der Waals surface area (Å²) in [6.07, 6.45) is 2.01. The van der Waals surface area contributed by atoms with Crippen molar-refractivity contribution in [1.82, 2.24) is 5.32 Å². The number of nitrogens with one attached hydrogen (secondary N) is 1. The first-order valence-corrected chi connectivity index (χ1v) is 6.58. The number of benzene rings is 1. The van der Waals surface area contributed by atoms with Crippen LogP contribution in [0, 0.1) is 19.8 Å². The highest BCUT2D eigenvalue weighted by atomic mass is 16.4. The Hall–Kier alpha value is -1.84. The minimum Gasteiger partial charge on any atom is -0.481 e. The van der Waals surface area contributed by atoms with Gasteiger partial charge in [0.2, 0.25) is 0 Å². The average molecular weight is 261 g/mol. The van der Waals surface area contributed by atoms with Gasteiger partial charge in [0, 0.05) is 11.6 Å². The molecular formula is C15H19NO3. The second-order valence-electron chi connectivity index (χ2n) is 5.26. The van der Waals surface area contributed by atoms with Gasteiger partial charge in [-0.25, -0.2) is 0 Å². The molecule has 2 rings (SSSR count). The number of hydrogen-bond donors (Lipinski definition) is 2. The lowest BCUT2D eigenvalue weighted by molar-refractivity contribution is -0.137. The summed E-state index contributed by atoms with van der Waals surface area (Å²) in [5.41, 5.74) is 2.65. The van der Waals surface area contributed by atoms with E-state index in [-0.39, 0.29) is 18.4 Å². The van der Waals surface area contributed by atoms with E-state index in [9.17, 15) is 9.59 Å². The van der Waals surface area contributed by atoms with Crippen molar-refractivity contribution in [3.8, 4) is 0 Å². The lowest BCUT2D eigenvalue weighted by atomic mass is 10.0. The first-order valence-electron chi connectivity index (χ1n) is 6.58. The highest BCUT2D eigenvalue weighted by Gasteiger charge is 2.34. The Morgan fingerprint density at radius 3 is 2.63 bits per heavy atom. The molecule has 4 heteroatoms. The monoisotopic (exact) mass is 261 g/mol. The summed E-state index contributed by atoms with van der Waals surface area (Å²) in [7, 11) is 0. The van der Waals surface area contributed by atoms with E-state index in [1.807, 2.05) is 26.0 Å². The molecule has 102 valence electrons. The summed E-state index contributed by atoms with van der Waals surface area (Å²) in [6.45, 7) is 3.87. The molecule has 4 nitrogen and oxygen atoms in total. The van der Waals surface area contributed by atoms with Gasteiger partial charge in [0.15, 0.2) is 0 Å². The smallest absolute Gasteiger partial charge is 0.305 e. The van der Waals surface area contributed by atoms with E-state index >= 15 is 0 Å². The van der Waals surface area contributed by atoms with Gasteiger partial charge in [-0.2, -0.15) is 0 Å². The van der Waals surface area contributed by atoms with E-state index in [0.717, 1.165) is 24.0 Å². The van der Waals surface area contributed by atoms with Gasteiger partial charge in [0.05, 0.1) is 6.42 Å². The topological polar surface area (TPSA) is 66.4 Å². The number of aliphatic carboxylic acids is 1. The molecule has 0 aromatic heterocycles. The van der Waals surface area contributed by atoms with Crippen LogP contribution in [0.3, 0.4) is 0 Å². The molecule has 1 aliphatic carbocycles. The summed E-state index contributed by atoms with van der Waals surface area (Å²) in [5, 5.41) is 11.8. The van der Waals surface area contributed by atoms with Crippen LogP contribution in [-0.4, -0.2) is 23.0 Å². The average Bonchev–Trinajstić information content (AvgIpc) is 3.15. The molecule has 1 aromatic carbocycles. The van der Waals surface area contributed by atoms with Gasteiger partial charge in [0.1, 0.15) is 0 Å². The SMILES string of the molecule is Cc1cccc(C(=O)NC(CC(=O)O)C2CC2)c1C. The minimum atomic E-state index is -0.863. The van der Waals surface area contributed by atoms with Crippen LogP contribution in [0.15, 0.2) is 18.2 Å². The Balaban J connectivity index is 2.10. The van der Waals surface area contributed by atoms with Gasteiger partial charge in [0.25, 0.3) is 5.91 Å². The maximum absolute atomic E-state index is 12.2. The van der Waals surface area contributed by atoms with Crippen LogP contribution in [0.25, 0.3) is 0 Å². The van der Waals surface area contributed by atoms with Gasteiger partial charge in [-0.3, -0.25) is 9.59 Å². The quantitative estimate of drug-likeness (QED) is 0.854. The number of carbonyl (C=O) groups is 2. The number of carbonyl (C=O) groups excluding carboxylic acids is 1. The minimum absolute atomic E-state index is 0.00126. The molecule has 1 aromatic rings.